The smallest absolute Gasteiger partial charge is 0.337 e. The lowest BCUT2D eigenvalue weighted by Gasteiger charge is -2.25. The van der Waals surface area contributed by atoms with Crippen LogP contribution in [0.3, 0.4) is 0 Å². The van der Waals surface area contributed by atoms with Crippen molar-refractivity contribution in [3.8, 4) is 5.75 Å². The number of amides is 1. The molecule has 0 fully saturated rings. The molecule has 182 valence electrons. The van der Waals surface area contributed by atoms with Crippen molar-refractivity contribution in [2.75, 3.05) is 20.8 Å². The number of benzene rings is 3. The highest BCUT2D eigenvalue weighted by Crippen LogP contribution is 2.38. The van der Waals surface area contributed by atoms with E-state index >= 15 is 0 Å². The third-order valence-electron chi connectivity index (χ3n) is 6.57. The average Bonchev–Trinajstić information content (AvgIpc) is 3.19. The van der Waals surface area contributed by atoms with Gasteiger partial charge < -0.3 is 18.8 Å². The molecule has 0 spiro atoms. The zero-order valence-corrected chi connectivity index (χ0v) is 20.2. The first kappa shape index (κ1) is 23.4. The molecule has 1 atom stereocenters. The van der Waals surface area contributed by atoms with Crippen molar-refractivity contribution in [1.29, 1.82) is 0 Å². The number of nitrogens with zero attached hydrogens (tertiary/aromatic N) is 1. The monoisotopic (exact) mass is 483 g/mol. The molecule has 0 saturated heterocycles. The molecule has 0 N–H and O–H groups in total. The van der Waals surface area contributed by atoms with E-state index in [0.29, 0.717) is 40.6 Å². The molecule has 0 saturated carbocycles. The summed E-state index contributed by atoms with van der Waals surface area (Å²) in [4.78, 5) is 40.9. The number of esters is 1. The molecular weight excluding hydrogens is 458 g/mol. The Labute approximate surface area is 207 Å². The zero-order chi connectivity index (χ0) is 25.4. The Morgan fingerprint density at radius 3 is 2.36 bits per heavy atom. The van der Waals surface area contributed by atoms with Gasteiger partial charge in [0.05, 0.1) is 36.8 Å². The third-order valence-corrected chi connectivity index (χ3v) is 6.57. The topological polar surface area (TPSA) is 86.0 Å². The number of carbonyl (C=O) groups excluding carboxylic acids is 2. The Kier molecular flexibility index (Phi) is 6.06. The first-order valence-corrected chi connectivity index (χ1v) is 11.6. The molecule has 0 radical (unpaired) electrons. The first-order valence-electron chi connectivity index (χ1n) is 11.6. The summed E-state index contributed by atoms with van der Waals surface area (Å²) in [6.07, 6.45) is 0.577. The maximum atomic E-state index is 13.7. The van der Waals surface area contributed by atoms with Crippen molar-refractivity contribution in [3.63, 3.8) is 0 Å². The Morgan fingerprint density at radius 1 is 0.972 bits per heavy atom. The average molecular weight is 484 g/mol. The van der Waals surface area contributed by atoms with Gasteiger partial charge in [-0.2, -0.15) is 0 Å². The maximum Gasteiger partial charge on any atom is 0.337 e. The molecule has 1 aliphatic rings. The van der Waals surface area contributed by atoms with Crippen LogP contribution in [0.2, 0.25) is 0 Å². The van der Waals surface area contributed by atoms with E-state index in [4.69, 9.17) is 13.9 Å². The second kappa shape index (κ2) is 9.34. The van der Waals surface area contributed by atoms with Gasteiger partial charge >= 0.3 is 5.97 Å². The van der Waals surface area contributed by atoms with Crippen LogP contribution in [0.15, 0.2) is 75.9 Å². The zero-order valence-electron chi connectivity index (χ0n) is 20.2. The fourth-order valence-corrected chi connectivity index (χ4v) is 4.67. The molecule has 1 aliphatic heterocycles. The second-order valence-electron chi connectivity index (χ2n) is 8.79. The van der Waals surface area contributed by atoms with Crippen molar-refractivity contribution in [2.45, 2.75) is 19.4 Å². The number of hydrogen-bond acceptors (Lipinski definition) is 6. The molecule has 0 bridgehead atoms. The second-order valence-corrected chi connectivity index (χ2v) is 8.79. The molecule has 7 heteroatoms. The Balaban J connectivity index is 1.59. The summed E-state index contributed by atoms with van der Waals surface area (Å²) in [6, 6.07) is 19.1. The SMILES string of the molecule is COC(=O)c1ccc(C2c3c(oc4ccc(C)cc4c3=O)C(=O)N2CCc2ccc(OC)cc2)cc1. The number of ether oxygens (including phenoxy) is 2. The molecule has 5 rings (SSSR count). The van der Waals surface area contributed by atoms with Gasteiger partial charge in [-0.25, -0.2) is 4.79 Å². The van der Waals surface area contributed by atoms with E-state index < -0.39 is 12.0 Å². The minimum absolute atomic E-state index is 0.0631. The largest absolute Gasteiger partial charge is 0.497 e. The highest BCUT2D eigenvalue weighted by atomic mass is 16.5. The number of carbonyl (C=O) groups is 2. The van der Waals surface area contributed by atoms with E-state index in [9.17, 15) is 14.4 Å². The molecule has 2 heterocycles. The lowest BCUT2D eigenvalue weighted by atomic mass is 9.97. The van der Waals surface area contributed by atoms with Crippen LogP contribution < -0.4 is 10.2 Å². The van der Waals surface area contributed by atoms with Crippen molar-refractivity contribution in [1.82, 2.24) is 4.90 Å². The predicted octanol–water partition coefficient (Wildman–Crippen LogP) is 4.68. The maximum absolute atomic E-state index is 13.7. The number of rotatable bonds is 6. The normalized spacial score (nSPS) is 14.7. The highest BCUT2D eigenvalue weighted by molar-refractivity contribution is 5.99. The molecule has 3 aromatic carbocycles. The third kappa shape index (κ3) is 4.02. The molecule has 1 aromatic heterocycles. The van der Waals surface area contributed by atoms with E-state index in [2.05, 4.69) is 0 Å². The quantitative estimate of drug-likeness (QED) is 0.370. The summed E-state index contributed by atoms with van der Waals surface area (Å²) >= 11 is 0. The van der Waals surface area contributed by atoms with E-state index in [0.717, 1.165) is 16.9 Å². The van der Waals surface area contributed by atoms with E-state index in [-0.39, 0.29) is 17.1 Å². The van der Waals surface area contributed by atoms with Gasteiger partial charge in [0, 0.05) is 6.54 Å². The fourth-order valence-electron chi connectivity index (χ4n) is 4.67. The minimum Gasteiger partial charge on any atom is -0.497 e. The summed E-state index contributed by atoms with van der Waals surface area (Å²) in [6.45, 7) is 2.27. The van der Waals surface area contributed by atoms with Gasteiger partial charge in [-0.15, -0.1) is 0 Å². The minimum atomic E-state index is -0.640. The van der Waals surface area contributed by atoms with E-state index in [1.54, 1.807) is 48.4 Å². The molecular formula is C29H25NO6. The van der Waals surface area contributed by atoms with Gasteiger partial charge in [-0.05, 0) is 60.9 Å². The molecule has 1 amide bonds. The Hall–Kier alpha value is -4.39. The summed E-state index contributed by atoms with van der Waals surface area (Å²) in [7, 11) is 2.93. The van der Waals surface area contributed by atoms with Gasteiger partial charge in [0.25, 0.3) is 5.91 Å². The molecule has 1 unspecified atom stereocenters. The predicted molar refractivity (Wildman–Crippen MR) is 135 cm³/mol. The lowest BCUT2D eigenvalue weighted by Crippen LogP contribution is -2.31. The van der Waals surface area contributed by atoms with Gasteiger partial charge in [-0.1, -0.05) is 35.9 Å². The lowest BCUT2D eigenvalue weighted by molar-refractivity contribution is 0.0600. The van der Waals surface area contributed by atoms with Gasteiger partial charge in [0.2, 0.25) is 5.76 Å². The number of aryl methyl sites for hydroxylation is 1. The Bertz CT molecular complexity index is 1520. The first-order chi connectivity index (χ1) is 17.4. The van der Waals surface area contributed by atoms with Crippen molar-refractivity contribution in [3.05, 3.63) is 111 Å². The van der Waals surface area contributed by atoms with Gasteiger partial charge in [0.1, 0.15) is 11.3 Å². The van der Waals surface area contributed by atoms with Gasteiger partial charge in [-0.3, -0.25) is 9.59 Å². The van der Waals surface area contributed by atoms with Crippen LogP contribution in [-0.2, 0) is 11.2 Å². The molecule has 36 heavy (non-hydrogen) atoms. The summed E-state index contributed by atoms with van der Waals surface area (Å²) < 4.78 is 16.0. The van der Waals surface area contributed by atoms with Crippen LogP contribution in [0.4, 0.5) is 0 Å². The molecule has 0 aliphatic carbocycles. The number of fused-ring (bicyclic) bond motifs is 2. The fraction of sp³-hybridized carbons (Fsp3) is 0.207. The van der Waals surface area contributed by atoms with Crippen LogP contribution in [0.1, 0.15) is 49.2 Å². The standard InChI is InChI=1S/C29H25NO6/c1-17-4-13-23-22(16-17)26(31)24-25(19-7-9-20(10-8-19)29(33)35-3)30(28(32)27(24)36-23)15-14-18-5-11-21(34-2)12-6-18/h4-13,16,25H,14-15H2,1-3H3. The molecule has 7 nitrogen and oxygen atoms in total. The van der Waals surface area contributed by atoms with Crippen LogP contribution >= 0.6 is 0 Å². The van der Waals surface area contributed by atoms with Crippen LogP contribution in [0.25, 0.3) is 11.0 Å². The molecule has 4 aromatic rings. The van der Waals surface area contributed by atoms with Crippen LogP contribution in [0.5, 0.6) is 5.75 Å². The van der Waals surface area contributed by atoms with Crippen molar-refractivity contribution >= 4 is 22.8 Å². The van der Waals surface area contributed by atoms with E-state index in [1.165, 1.54) is 7.11 Å². The number of methoxy groups -OCH3 is 2. The van der Waals surface area contributed by atoms with Crippen molar-refractivity contribution < 1.29 is 23.5 Å². The highest BCUT2D eigenvalue weighted by Gasteiger charge is 2.42. The van der Waals surface area contributed by atoms with Gasteiger partial charge in [0.15, 0.2) is 5.43 Å². The summed E-state index contributed by atoms with van der Waals surface area (Å²) in [5.41, 5.74) is 3.53. The van der Waals surface area contributed by atoms with Crippen LogP contribution in [-0.4, -0.2) is 37.5 Å². The van der Waals surface area contributed by atoms with Crippen molar-refractivity contribution in [2.24, 2.45) is 0 Å². The van der Waals surface area contributed by atoms with E-state index in [1.807, 2.05) is 37.3 Å². The Morgan fingerprint density at radius 2 is 1.69 bits per heavy atom. The number of hydrogen-bond donors (Lipinski definition) is 0. The van der Waals surface area contributed by atoms with Crippen LogP contribution in [0, 0.1) is 6.92 Å². The summed E-state index contributed by atoms with van der Waals surface area (Å²) in [5.74, 6) is 0.0267. The summed E-state index contributed by atoms with van der Waals surface area (Å²) in [5, 5.41) is 0.440.